The average molecular weight is 335 g/mol. The second-order valence-corrected chi connectivity index (χ2v) is 8.29. The molecule has 2 aliphatic carbocycles. The van der Waals surface area contributed by atoms with Gasteiger partial charge in [0.2, 0.25) is 5.91 Å². The van der Waals surface area contributed by atoms with Crippen LogP contribution in [0.15, 0.2) is 4.99 Å². The standard InChI is InChI=1S/C19H34N4O/c1-13(2)18(24)23-9-7-17(12-23)22-19(20-3)21-8-6-16-11-14-4-5-15(16)10-14/h13-17H,4-12H2,1-3H3,(H2,20,21,22). The number of carbonyl (C=O) groups excluding carboxylic acids is 1. The van der Waals surface area contributed by atoms with Crippen LogP contribution in [-0.2, 0) is 4.79 Å². The van der Waals surface area contributed by atoms with Crippen molar-refractivity contribution in [3.8, 4) is 0 Å². The molecule has 3 aliphatic rings. The highest BCUT2D eigenvalue weighted by Crippen LogP contribution is 2.49. The number of guanidine groups is 1. The van der Waals surface area contributed by atoms with Gasteiger partial charge in [-0.2, -0.15) is 0 Å². The largest absolute Gasteiger partial charge is 0.356 e. The molecule has 0 spiro atoms. The lowest BCUT2D eigenvalue weighted by Gasteiger charge is -2.23. The molecule has 0 aromatic rings. The summed E-state index contributed by atoms with van der Waals surface area (Å²) in [5, 5.41) is 6.98. The number of hydrogen-bond donors (Lipinski definition) is 2. The maximum Gasteiger partial charge on any atom is 0.225 e. The van der Waals surface area contributed by atoms with Gasteiger partial charge in [-0.25, -0.2) is 0 Å². The summed E-state index contributed by atoms with van der Waals surface area (Å²) in [6.45, 7) is 6.61. The minimum absolute atomic E-state index is 0.0860. The van der Waals surface area contributed by atoms with Gasteiger partial charge in [0.05, 0.1) is 0 Å². The summed E-state index contributed by atoms with van der Waals surface area (Å²) >= 11 is 0. The smallest absolute Gasteiger partial charge is 0.225 e. The van der Waals surface area contributed by atoms with Gasteiger partial charge >= 0.3 is 0 Å². The Morgan fingerprint density at radius 1 is 1.25 bits per heavy atom. The second kappa shape index (κ2) is 7.75. The quantitative estimate of drug-likeness (QED) is 0.599. The molecular weight excluding hydrogens is 300 g/mol. The van der Waals surface area contributed by atoms with Crippen LogP contribution in [0.25, 0.3) is 0 Å². The van der Waals surface area contributed by atoms with Crippen LogP contribution in [0.1, 0.15) is 52.4 Å². The number of aliphatic imine (C=N–C) groups is 1. The number of fused-ring (bicyclic) bond motifs is 2. The molecule has 5 nitrogen and oxygen atoms in total. The molecule has 1 heterocycles. The third-order valence-corrected chi connectivity index (χ3v) is 6.25. The topological polar surface area (TPSA) is 56.7 Å². The van der Waals surface area contributed by atoms with Crippen molar-refractivity contribution in [3.05, 3.63) is 0 Å². The predicted molar refractivity (Wildman–Crippen MR) is 97.9 cm³/mol. The van der Waals surface area contributed by atoms with E-state index in [0.29, 0.717) is 6.04 Å². The van der Waals surface area contributed by atoms with Crippen LogP contribution in [0.4, 0.5) is 0 Å². The zero-order valence-electron chi connectivity index (χ0n) is 15.6. The first-order chi connectivity index (χ1) is 11.6. The van der Waals surface area contributed by atoms with Gasteiger partial charge in [0.1, 0.15) is 0 Å². The molecular formula is C19H34N4O. The molecule has 24 heavy (non-hydrogen) atoms. The Hall–Kier alpha value is -1.26. The van der Waals surface area contributed by atoms with Crippen LogP contribution in [-0.4, -0.2) is 49.5 Å². The number of hydrogen-bond acceptors (Lipinski definition) is 2. The van der Waals surface area contributed by atoms with Crippen LogP contribution in [0.5, 0.6) is 0 Å². The summed E-state index contributed by atoms with van der Waals surface area (Å²) in [5.74, 6) is 4.20. The lowest BCUT2D eigenvalue weighted by molar-refractivity contribution is -0.133. The Labute approximate surface area is 146 Å². The summed E-state index contributed by atoms with van der Waals surface area (Å²) in [4.78, 5) is 18.4. The molecule has 2 saturated carbocycles. The van der Waals surface area contributed by atoms with Crippen molar-refractivity contribution >= 4 is 11.9 Å². The zero-order valence-corrected chi connectivity index (χ0v) is 15.6. The van der Waals surface area contributed by atoms with Gasteiger partial charge in [0.25, 0.3) is 0 Å². The summed E-state index contributed by atoms with van der Waals surface area (Å²) in [7, 11) is 1.83. The molecule has 0 aromatic carbocycles. The van der Waals surface area contributed by atoms with Crippen molar-refractivity contribution in [3.63, 3.8) is 0 Å². The van der Waals surface area contributed by atoms with E-state index in [1.165, 1.54) is 32.1 Å². The van der Waals surface area contributed by atoms with Crippen LogP contribution in [0.2, 0.25) is 0 Å². The molecule has 3 rings (SSSR count). The Kier molecular flexibility index (Phi) is 5.67. The first-order valence-corrected chi connectivity index (χ1v) is 9.82. The van der Waals surface area contributed by atoms with E-state index in [0.717, 1.165) is 49.8 Å². The highest BCUT2D eigenvalue weighted by atomic mass is 16.2. The number of likely N-dealkylation sites (tertiary alicyclic amines) is 1. The minimum Gasteiger partial charge on any atom is -0.356 e. The van der Waals surface area contributed by atoms with E-state index in [1.807, 2.05) is 25.8 Å². The lowest BCUT2D eigenvalue weighted by Crippen LogP contribution is -2.45. The minimum atomic E-state index is 0.0860. The Morgan fingerprint density at radius 3 is 2.71 bits per heavy atom. The van der Waals surface area contributed by atoms with Crippen molar-refractivity contribution < 1.29 is 4.79 Å². The highest BCUT2D eigenvalue weighted by molar-refractivity contribution is 5.81. The fraction of sp³-hybridized carbons (Fsp3) is 0.895. The molecule has 1 saturated heterocycles. The van der Waals surface area contributed by atoms with Crippen LogP contribution >= 0.6 is 0 Å². The van der Waals surface area contributed by atoms with Crippen LogP contribution in [0, 0.1) is 23.7 Å². The molecule has 0 aromatic heterocycles. The maximum absolute atomic E-state index is 12.1. The maximum atomic E-state index is 12.1. The fourth-order valence-corrected chi connectivity index (χ4v) is 4.94. The molecule has 5 heteroatoms. The van der Waals surface area contributed by atoms with Crippen molar-refractivity contribution in [1.82, 2.24) is 15.5 Å². The number of nitrogens with zero attached hydrogens (tertiary/aromatic N) is 2. The van der Waals surface area contributed by atoms with Crippen molar-refractivity contribution in [1.29, 1.82) is 0 Å². The molecule has 2 bridgehead atoms. The third kappa shape index (κ3) is 4.04. The molecule has 136 valence electrons. The predicted octanol–water partition coefficient (Wildman–Crippen LogP) is 2.23. The number of nitrogens with one attached hydrogen (secondary N) is 2. The molecule has 2 N–H and O–H groups in total. The number of amides is 1. The Bertz CT molecular complexity index is 476. The van der Waals surface area contributed by atoms with E-state index in [9.17, 15) is 4.79 Å². The molecule has 1 amide bonds. The Morgan fingerprint density at radius 2 is 2.08 bits per heavy atom. The van der Waals surface area contributed by atoms with Crippen molar-refractivity contribution in [2.75, 3.05) is 26.7 Å². The van der Waals surface area contributed by atoms with Crippen molar-refractivity contribution in [2.24, 2.45) is 28.7 Å². The van der Waals surface area contributed by atoms with Gasteiger partial charge in [-0.3, -0.25) is 9.79 Å². The van der Waals surface area contributed by atoms with E-state index >= 15 is 0 Å². The molecule has 0 radical (unpaired) electrons. The van der Waals surface area contributed by atoms with E-state index in [2.05, 4.69) is 15.6 Å². The normalized spacial score (nSPS) is 32.7. The average Bonchev–Trinajstić information content (AvgIpc) is 3.29. The van der Waals surface area contributed by atoms with Gasteiger partial charge in [-0.15, -0.1) is 0 Å². The molecule has 1 aliphatic heterocycles. The Balaban J connectivity index is 1.37. The van der Waals surface area contributed by atoms with Gasteiger partial charge in [0.15, 0.2) is 5.96 Å². The van der Waals surface area contributed by atoms with Gasteiger partial charge < -0.3 is 15.5 Å². The lowest BCUT2D eigenvalue weighted by atomic mass is 9.86. The first kappa shape index (κ1) is 17.6. The number of rotatable bonds is 5. The summed E-state index contributed by atoms with van der Waals surface area (Å²) in [5.41, 5.74) is 0. The van der Waals surface area contributed by atoms with Crippen molar-refractivity contribution in [2.45, 2.75) is 58.4 Å². The summed E-state index contributed by atoms with van der Waals surface area (Å²) < 4.78 is 0. The zero-order chi connectivity index (χ0) is 17.1. The van der Waals surface area contributed by atoms with Gasteiger partial charge in [-0.1, -0.05) is 20.3 Å². The monoisotopic (exact) mass is 334 g/mol. The summed E-state index contributed by atoms with van der Waals surface area (Å²) in [6.07, 6.45) is 8.15. The van der Waals surface area contributed by atoms with E-state index in [1.54, 1.807) is 0 Å². The first-order valence-electron chi connectivity index (χ1n) is 9.82. The molecule has 4 atom stereocenters. The number of carbonyl (C=O) groups is 1. The molecule has 4 unspecified atom stereocenters. The second-order valence-electron chi connectivity index (χ2n) is 8.29. The SMILES string of the molecule is CN=C(NCCC1CC2CCC1C2)NC1CCN(C(=O)C(C)C)C1. The van der Waals surface area contributed by atoms with Gasteiger partial charge in [0, 0.05) is 38.6 Å². The van der Waals surface area contributed by atoms with E-state index < -0.39 is 0 Å². The fourth-order valence-electron chi connectivity index (χ4n) is 4.94. The summed E-state index contributed by atoms with van der Waals surface area (Å²) in [6, 6.07) is 0.321. The highest BCUT2D eigenvalue weighted by Gasteiger charge is 2.38. The van der Waals surface area contributed by atoms with E-state index in [-0.39, 0.29) is 11.8 Å². The van der Waals surface area contributed by atoms with Crippen LogP contribution < -0.4 is 10.6 Å². The molecule has 3 fully saturated rings. The van der Waals surface area contributed by atoms with Gasteiger partial charge in [-0.05, 0) is 49.9 Å². The van der Waals surface area contributed by atoms with Crippen LogP contribution in [0.3, 0.4) is 0 Å². The van der Waals surface area contributed by atoms with E-state index in [4.69, 9.17) is 0 Å². The third-order valence-electron chi connectivity index (χ3n) is 6.25.